The fraction of sp³-hybridized carbons (Fsp3) is 0.700. The van der Waals surface area contributed by atoms with Gasteiger partial charge in [-0.1, -0.05) is 6.92 Å². The molecule has 0 aliphatic carbocycles. The van der Waals surface area contributed by atoms with E-state index in [0.29, 0.717) is 12.0 Å². The van der Waals surface area contributed by atoms with Gasteiger partial charge in [-0.25, -0.2) is 0 Å². The lowest BCUT2D eigenvalue weighted by Crippen LogP contribution is -2.32. The molecule has 0 fully saturated rings. The van der Waals surface area contributed by atoms with Gasteiger partial charge in [-0.05, 0) is 6.42 Å². The Labute approximate surface area is 97.5 Å². The Balaban J connectivity index is 2.74. The van der Waals surface area contributed by atoms with E-state index in [0.717, 1.165) is 0 Å². The van der Waals surface area contributed by atoms with Crippen LogP contribution in [0.2, 0.25) is 0 Å². The minimum absolute atomic E-state index is 0.485. The Morgan fingerprint density at radius 2 is 2.18 bits per heavy atom. The van der Waals surface area contributed by atoms with Crippen molar-refractivity contribution in [3.05, 3.63) is 18.0 Å². The fourth-order valence-corrected chi connectivity index (χ4v) is 1.45. The Bertz CT molecular complexity index is 351. The number of rotatable bonds is 5. The number of ether oxygens (including phenoxy) is 1. The van der Waals surface area contributed by atoms with E-state index in [1.165, 1.54) is 10.9 Å². The first-order valence-corrected chi connectivity index (χ1v) is 5.26. The van der Waals surface area contributed by atoms with Gasteiger partial charge >= 0.3 is 6.18 Å². The first-order valence-electron chi connectivity index (χ1n) is 5.26. The number of aromatic nitrogens is 2. The quantitative estimate of drug-likeness (QED) is 0.867. The van der Waals surface area contributed by atoms with Crippen molar-refractivity contribution < 1.29 is 17.9 Å². The topological polar surface area (TPSA) is 53.1 Å². The van der Waals surface area contributed by atoms with E-state index >= 15 is 0 Å². The molecule has 0 saturated carbocycles. The summed E-state index contributed by atoms with van der Waals surface area (Å²) in [7, 11) is 1.68. The van der Waals surface area contributed by atoms with Crippen LogP contribution in [0.1, 0.15) is 25.0 Å². The zero-order chi connectivity index (χ0) is 13.1. The molecule has 0 saturated heterocycles. The van der Waals surface area contributed by atoms with Crippen molar-refractivity contribution in [3.63, 3.8) is 0 Å². The summed E-state index contributed by atoms with van der Waals surface area (Å²) in [6.45, 7) is 0.491. The van der Waals surface area contributed by atoms with Crippen molar-refractivity contribution in [2.75, 3.05) is 6.61 Å². The molecule has 17 heavy (non-hydrogen) atoms. The molecule has 1 aromatic heterocycles. The molecule has 2 N–H and O–H groups in total. The summed E-state index contributed by atoms with van der Waals surface area (Å²) in [5.41, 5.74) is 6.32. The van der Waals surface area contributed by atoms with Gasteiger partial charge in [0, 0.05) is 24.8 Å². The van der Waals surface area contributed by atoms with Gasteiger partial charge in [0.25, 0.3) is 0 Å². The first kappa shape index (κ1) is 14.0. The van der Waals surface area contributed by atoms with E-state index in [-0.39, 0.29) is 0 Å². The van der Waals surface area contributed by atoms with Crippen molar-refractivity contribution in [1.29, 1.82) is 0 Å². The summed E-state index contributed by atoms with van der Waals surface area (Å²) >= 11 is 0. The van der Waals surface area contributed by atoms with Crippen molar-refractivity contribution in [2.45, 2.75) is 31.7 Å². The first-order chi connectivity index (χ1) is 7.83. The highest BCUT2D eigenvalue weighted by molar-refractivity contribution is 5.10. The molecule has 0 radical (unpaired) electrons. The molecular weight excluding hydrogens is 235 g/mol. The number of aryl methyl sites for hydroxylation is 1. The molecule has 7 heteroatoms. The molecule has 0 spiro atoms. The van der Waals surface area contributed by atoms with E-state index in [1.54, 1.807) is 20.2 Å². The van der Waals surface area contributed by atoms with E-state index in [1.807, 2.05) is 0 Å². The largest absolute Gasteiger partial charge is 0.411 e. The zero-order valence-corrected chi connectivity index (χ0v) is 9.74. The monoisotopic (exact) mass is 251 g/mol. The number of hydrogen-bond acceptors (Lipinski definition) is 3. The third-order valence-corrected chi connectivity index (χ3v) is 2.34. The zero-order valence-electron chi connectivity index (χ0n) is 9.74. The maximum absolute atomic E-state index is 12.1. The van der Waals surface area contributed by atoms with Crippen LogP contribution in [-0.4, -0.2) is 28.6 Å². The molecular formula is C10H16F3N3O. The SMILES string of the molecule is CCC(N)C(OCC(F)(F)F)c1cnn(C)c1. The van der Waals surface area contributed by atoms with Crippen LogP contribution in [0.3, 0.4) is 0 Å². The van der Waals surface area contributed by atoms with Gasteiger partial charge in [-0.2, -0.15) is 18.3 Å². The summed E-state index contributed by atoms with van der Waals surface area (Å²) in [6.07, 6.45) is -1.53. The minimum Gasteiger partial charge on any atom is -0.362 e. The molecule has 0 amide bonds. The summed E-state index contributed by atoms with van der Waals surface area (Å²) in [5, 5.41) is 3.90. The van der Waals surface area contributed by atoms with Gasteiger partial charge in [0.05, 0.1) is 6.20 Å². The van der Waals surface area contributed by atoms with Gasteiger partial charge in [-0.3, -0.25) is 4.68 Å². The predicted molar refractivity (Wildman–Crippen MR) is 56.2 cm³/mol. The average Bonchev–Trinajstić information content (AvgIpc) is 2.63. The lowest BCUT2D eigenvalue weighted by Gasteiger charge is -2.22. The molecule has 0 aromatic carbocycles. The lowest BCUT2D eigenvalue weighted by molar-refractivity contribution is -0.188. The summed E-state index contributed by atoms with van der Waals surface area (Å²) in [5.74, 6) is 0. The molecule has 2 atom stereocenters. The smallest absolute Gasteiger partial charge is 0.362 e. The lowest BCUT2D eigenvalue weighted by atomic mass is 10.0. The van der Waals surface area contributed by atoms with E-state index in [9.17, 15) is 13.2 Å². The van der Waals surface area contributed by atoms with Crippen LogP contribution in [0.25, 0.3) is 0 Å². The fourth-order valence-electron chi connectivity index (χ4n) is 1.45. The van der Waals surface area contributed by atoms with Crippen LogP contribution in [0, 0.1) is 0 Å². The highest BCUT2D eigenvalue weighted by atomic mass is 19.4. The highest BCUT2D eigenvalue weighted by Crippen LogP contribution is 2.25. The summed E-state index contributed by atoms with van der Waals surface area (Å²) in [6, 6.07) is -0.485. The number of alkyl halides is 3. The third-order valence-electron chi connectivity index (χ3n) is 2.34. The second kappa shape index (κ2) is 5.50. The van der Waals surface area contributed by atoms with E-state index in [2.05, 4.69) is 5.10 Å². The highest BCUT2D eigenvalue weighted by Gasteiger charge is 2.31. The predicted octanol–water partition coefficient (Wildman–Crippen LogP) is 1.78. The Kier molecular flexibility index (Phi) is 4.53. The molecule has 1 heterocycles. The molecule has 1 aromatic rings. The number of nitrogens with zero attached hydrogens (tertiary/aromatic N) is 2. The third kappa shape index (κ3) is 4.35. The summed E-state index contributed by atoms with van der Waals surface area (Å²) < 4.78 is 42.7. The Morgan fingerprint density at radius 1 is 1.53 bits per heavy atom. The van der Waals surface area contributed by atoms with Crippen molar-refractivity contribution in [1.82, 2.24) is 9.78 Å². The Hall–Kier alpha value is -1.08. The van der Waals surface area contributed by atoms with Crippen LogP contribution >= 0.6 is 0 Å². The summed E-state index contributed by atoms with van der Waals surface area (Å²) in [4.78, 5) is 0. The van der Waals surface area contributed by atoms with Crippen molar-refractivity contribution in [3.8, 4) is 0 Å². The molecule has 2 unspecified atom stereocenters. The standard InChI is InChI=1S/C10H16F3N3O/c1-3-8(14)9(17-6-10(11,12)13)7-4-15-16(2)5-7/h4-5,8-9H,3,6,14H2,1-2H3. The normalized spacial score (nSPS) is 15.9. The number of halogens is 3. The van der Waals surface area contributed by atoms with Gasteiger partial charge in [-0.15, -0.1) is 0 Å². The van der Waals surface area contributed by atoms with Crippen LogP contribution in [0.5, 0.6) is 0 Å². The van der Waals surface area contributed by atoms with Crippen LogP contribution in [-0.2, 0) is 11.8 Å². The van der Waals surface area contributed by atoms with Crippen LogP contribution in [0.4, 0.5) is 13.2 Å². The number of nitrogens with two attached hydrogens (primary N) is 1. The minimum atomic E-state index is -4.35. The van der Waals surface area contributed by atoms with Crippen LogP contribution in [0.15, 0.2) is 12.4 Å². The molecule has 98 valence electrons. The van der Waals surface area contributed by atoms with E-state index in [4.69, 9.17) is 10.5 Å². The second-order valence-electron chi connectivity index (χ2n) is 3.87. The van der Waals surface area contributed by atoms with Gasteiger partial charge in [0.15, 0.2) is 0 Å². The number of hydrogen-bond donors (Lipinski definition) is 1. The van der Waals surface area contributed by atoms with Crippen LogP contribution < -0.4 is 5.73 Å². The molecule has 1 rings (SSSR count). The maximum atomic E-state index is 12.1. The van der Waals surface area contributed by atoms with Gasteiger partial charge < -0.3 is 10.5 Å². The molecule has 0 aliphatic heterocycles. The van der Waals surface area contributed by atoms with Crippen molar-refractivity contribution in [2.24, 2.45) is 12.8 Å². The van der Waals surface area contributed by atoms with Crippen molar-refractivity contribution >= 4 is 0 Å². The molecule has 0 aliphatic rings. The van der Waals surface area contributed by atoms with Gasteiger partial charge in [0.2, 0.25) is 0 Å². The molecule has 0 bridgehead atoms. The average molecular weight is 251 g/mol. The molecule has 4 nitrogen and oxygen atoms in total. The maximum Gasteiger partial charge on any atom is 0.411 e. The Morgan fingerprint density at radius 3 is 2.59 bits per heavy atom. The second-order valence-corrected chi connectivity index (χ2v) is 3.87. The van der Waals surface area contributed by atoms with E-state index < -0.39 is 24.9 Å². The van der Waals surface area contributed by atoms with Gasteiger partial charge in [0.1, 0.15) is 12.7 Å².